The van der Waals surface area contributed by atoms with Gasteiger partial charge in [-0.05, 0) is 55.5 Å². The molecule has 0 aliphatic rings. The number of nitriles is 1. The lowest BCUT2D eigenvalue weighted by Crippen LogP contribution is -2.37. The van der Waals surface area contributed by atoms with Crippen LogP contribution in [-0.4, -0.2) is 37.9 Å². The molecule has 1 aromatic heterocycles. The van der Waals surface area contributed by atoms with Gasteiger partial charge in [-0.3, -0.25) is 4.79 Å². The highest BCUT2D eigenvalue weighted by atomic mass is 32.2. The molecule has 7 nitrogen and oxygen atoms in total. The molecule has 1 amide bonds. The molecule has 2 aromatic carbocycles. The Labute approximate surface area is 174 Å². The van der Waals surface area contributed by atoms with Crippen LogP contribution in [0.15, 0.2) is 53.7 Å². The van der Waals surface area contributed by atoms with Crippen molar-refractivity contribution in [3.05, 3.63) is 59.7 Å². The number of aryl methyl sites for hydroxylation is 2. The zero-order chi connectivity index (χ0) is 20.8. The molecular weight excluding hydrogens is 384 g/mol. The Bertz CT molecular complexity index is 1010. The van der Waals surface area contributed by atoms with Crippen LogP contribution < -0.4 is 4.90 Å². The van der Waals surface area contributed by atoms with E-state index in [4.69, 9.17) is 5.26 Å². The second kappa shape index (κ2) is 9.34. The third-order valence-electron chi connectivity index (χ3n) is 4.41. The Morgan fingerprint density at radius 3 is 2.38 bits per heavy atom. The van der Waals surface area contributed by atoms with E-state index in [2.05, 4.69) is 21.6 Å². The maximum Gasteiger partial charge on any atom is 0.240 e. The Balaban J connectivity index is 1.80. The Morgan fingerprint density at radius 2 is 1.76 bits per heavy atom. The normalized spacial score (nSPS) is 11.7. The number of aromatic nitrogens is 4. The van der Waals surface area contributed by atoms with E-state index in [1.165, 1.54) is 11.8 Å². The molecule has 0 aliphatic carbocycles. The maximum atomic E-state index is 13.2. The van der Waals surface area contributed by atoms with Crippen LogP contribution in [0.4, 0.5) is 5.69 Å². The summed E-state index contributed by atoms with van der Waals surface area (Å²) >= 11 is 1.30. The van der Waals surface area contributed by atoms with E-state index < -0.39 is 5.25 Å². The van der Waals surface area contributed by atoms with Crippen LogP contribution in [0.5, 0.6) is 0 Å². The first-order valence-corrected chi connectivity index (χ1v) is 10.1. The van der Waals surface area contributed by atoms with Crippen molar-refractivity contribution in [3.63, 3.8) is 0 Å². The molecule has 0 saturated carbocycles. The minimum atomic E-state index is -0.426. The number of anilines is 1. The number of carbonyl (C=O) groups excluding carboxylic acids is 1. The molecule has 0 saturated heterocycles. The molecule has 1 unspecified atom stereocenters. The van der Waals surface area contributed by atoms with Gasteiger partial charge in [-0.25, -0.2) is 0 Å². The highest BCUT2D eigenvalue weighted by Gasteiger charge is 2.25. The molecule has 0 spiro atoms. The summed E-state index contributed by atoms with van der Waals surface area (Å²) in [6.45, 7) is 6.18. The molecule has 148 valence electrons. The van der Waals surface area contributed by atoms with Crippen LogP contribution in [-0.2, 0) is 4.79 Å². The first kappa shape index (κ1) is 20.6. The van der Waals surface area contributed by atoms with Crippen molar-refractivity contribution in [3.8, 4) is 11.8 Å². The van der Waals surface area contributed by atoms with E-state index in [9.17, 15) is 4.79 Å². The lowest BCUT2D eigenvalue weighted by atomic mass is 10.2. The first-order chi connectivity index (χ1) is 14.0. The fourth-order valence-corrected chi connectivity index (χ4v) is 3.65. The molecule has 29 heavy (non-hydrogen) atoms. The average molecular weight is 407 g/mol. The third kappa shape index (κ3) is 5.00. The molecule has 1 heterocycles. The molecule has 0 aliphatic heterocycles. The van der Waals surface area contributed by atoms with E-state index in [1.54, 1.807) is 9.58 Å². The number of hydrogen-bond acceptors (Lipinski definition) is 6. The average Bonchev–Trinajstić information content (AvgIpc) is 3.18. The van der Waals surface area contributed by atoms with Crippen LogP contribution in [0, 0.1) is 25.2 Å². The zero-order valence-electron chi connectivity index (χ0n) is 16.6. The lowest BCUT2D eigenvalue weighted by molar-refractivity contribution is -0.117. The number of amides is 1. The quantitative estimate of drug-likeness (QED) is 0.556. The number of thioether (sulfide) groups is 1. The second-order valence-corrected chi connectivity index (χ2v) is 8.01. The summed E-state index contributed by atoms with van der Waals surface area (Å²) in [4.78, 5) is 14.8. The summed E-state index contributed by atoms with van der Waals surface area (Å²) in [5.41, 5.74) is 3.87. The summed E-state index contributed by atoms with van der Waals surface area (Å²) < 4.78 is 1.62. The van der Waals surface area contributed by atoms with Gasteiger partial charge in [0.15, 0.2) is 0 Å². The van der Waals surface area contributed by atoms with Gasteiger partial charge in [-0.2, -0.15) is 9.94 Å². The van der Waals surface area contributed by atoms with Crippen LogP contribution in [0.1, 0.15) is 24.5 Å². The highest BCUT2D eigenvalue weighted by molar-refractivity contribution is 8.00. The number of hydrogen-bond donors (Lipinski definition) is 0. The third-order valence-corrected chi connectivity index (χ3v) is 5.43. The van der Waals surface area contributed by atoms with Gasteiger partial charge >= 0.3 is 0 Å². The predicted molar refractivity (Wildman–Crippen MR) is 113 cm³/mol. The highest BCUT2D eigenvalue weighted by Crippen LogP contribution is 2.26. The monoisotopic (exact) mass is 406 g/mol. The number of rotatable bonds is 7. The van der Waals surface area contributed by atoms with Crippen LogP contribution in [0.3, 0.4) is 0 Å². The van der Waals surface area contributed by atoms with Gasteiger partial charge in [0.2, 0.25) is 11.1 Å². The van der Waals surface area contributed by atoms with E-state index in [0.29, 0.717) is 11.7 Å². The fraction of sp³-hybridized carbons (Fsp3) is 0.286. The zero-order valence-corrected chi connectivity index (χ0v) is 17.4. The minimum absolute atomic E-state index is 0.0902. The molecule has 8 heteroatoms. The van der Waals surface area contributed by atoms with E-state index in [-0.39, 0.29) is 12.3 Å². The van der Waals surface area contributed by atoms with Crippen molar-refractivity contribution in [1.29, 1.82) is 5.26 Å². The van der Waals surface area contributed by atoms with Gasteiger partial charge in [0.25, 0.3) is 0 Å². The summed E-state index contributed by atoms with van der Waals surface area (Å²) in [5, 5.41) is 21.0. The molecule has 0 bridgehead atoms. The number of carbonyl (C=O) groups is 1. The van der Waals surface area contributed by atoms with Crippen molar-refractivity contribution in [1.82, 2.24) is 20.2 Å². The lowest BCUT2D eigenvalue weighted by Gasteiger charge is -2.25. The predicted octanol–water partition coefficient (Wildman–Crippen LogP) is 3.71. The molecule has 0 fully saturated rings. The first-order valence-electron chi connectivity index (χ1n) is 9.26. The number of nitrogens with zero attached hydrogens (tertiary/aromatic N) is 6. The van der Waals surface area contributed by atoms with Gasteiger partial charge in [0.05, 0.1) is 23.4 Å². The van der Waals surface area contributed by atoms with Crippen molar-refractivity contribution in [2.45, 2.75) is 37.6 Å². The maximum absolute atomic E-state index is 13.2. The van der Waals surface area contributed by atoms with E-state index >= 15 is 0 Å². The number of tetrazole rings is 1. The molecule has 3 aromatic rings. The van der Waals surface area contributed by atoms with Gasteiger partial charge in [-0.1, -0.05) is 47.2 Å². The van der Waals surface area contributed by atoms with Crippen molar-refractivity contribution in [2.75, 3.05) is 11.4 Å². The van der Waals surface area contributed by atoms with Gasteiger partial charge in [0.1, 0.15) is 0 Å². The molecule has 0 radical (unpaired) electrons. The van der Waals surface area contributed by atoms with E-state index in [1.807, 2.05) is 69.3 Å². The Kier molecular flexibility index (Phi) is 6.62. The van der Waals surface area contributed by atoms with Crippen molar-refractivity contribution in [2.24, 2.45) is 0 Å². The molecule has 1 atom stereocenters. The SMILES string of the molecule is Cc1ccc(N(CCC#N)C(=O)C(C)Sc2nnnn2-c2ccc(C)cc2)cc1. The summed E-state index contributed by atoms with van der Waals surface area (Å²) in [5.74, 6) is -0.0902. The second-order valence-electron chi connectivity index (χ2n) is 6.70. The topological polar surface area (TPSA) is 87.7 Å². The standard InChI is InChI=1S/C21H22N6OS/c1-15-5-9-18(10-6-15)26(14-4-13-22)20(28)17(3)29-21-23-24-25-27(21)19-11-7-16(2)8-12-19/h5-12,17H,4,14H2,1-3H3. The van der Waals surface area contributed by atoms with Crippen molar-refractivity contribution < 1.29 is 4.79 Å². The van der Waals surface area contributed by atoms with Crippen LogP contribution in [0.25, 0.3) is 5.69 Å². The van der Waals surface area contributed by atoms with Crippen LogP contribution >= 0.6 is 11.8 Å². The van der Waals surface area contributed by atoms with Gasteiger partial charge in [-0.15, -0.1) is 5.10 Å². The fourth-order valence-electron chi connectivity index (χ4n) is 2.78. The number of benzene rings is 2. The molecular formula is C21H22N6OS. The van der Waals surface area contributed by atoms with Crippen molar-refractivity contribution >= 4 is 23.4 Å². The van der Waals surface area contributed by atoms with Gasteiger partial charge in [0, 0.05) is 12.2 Å². The smallest absolute Gasteiger partial charge is 0.240 e. The molecule has 0 N–H and O–H groups in total. The summed E-state index contributed by atoms with van der Waals surface area (Å²) in [6.07, 6.45) is 0.262. The summed E-state index contributed by atoms with van der Waals surface area (Å²) in [7, 11) is 0. The molecule has 3 rings (SSSR count). The Morgan fingerprint density at radius 1 is 1.14 bits per heavy atom. The minimum Gasteiger partial charge on any atom is -0.310 e. The van der Waals surface area contributed by atoms with Crippen LogP contribution in [0.2, 0.25) is 0 Å². The van der Waals surface area contributed by atoms with E-state index in [0.717, 1.165) is 22.5 Å². The largest absolute Gasteiger partial charge is 0.310 e. The van der Waals surface area contributed by atoms with Gasteiger partial charge < -0.3 is 4.90 Å². The summed E-state index contributed by atoms with van der Waals surface area (Å²) in [6, 6.07) is 17.7. The Hall–Kier alpha value is -3.18.